The molecule has 1 aliphatic carbocycles. The van der Waals surface area contributed by atoms with Gasteiger partial charge in [0.2, 0.25) is 11.6 Å². The molecule has 2 aromatic rings. The summed E-state index contributed by atoms with van der Waals surface area (Å²) in [7, 11) is 0. The third-order valence-corrected chi connectivity index (χ3v) is 3.54. The lowest BCUT2D eigenvalue weighted by atomic mass is 9.96. The van der Waals surface area contributed by atoms with Gasteiger partial charge >= 0.3 is 0 Å². The van der Waals surface area contributed by atoms with E-state index in [1.165, 1.54) is 0 Å². The average Bonchev–Trinajstić information content (AvgIpc) is 2.50. The second kappa shape index (κ2) is 5.14. The van der Waals surface area contributed by atoms with E-state index < -0.39 is 5.78 Å². The van der Waals surface area contributed by atoms with Crippen LogP contribution in [0.15, 0.2) is 53.2 Å². The molecule has 0 saturated carbocycles. The molecular weight excluding hydrogens is 288 g/mol. The summed E-state index contributed by atoms with van der Waals surface area (Å²) in [5.74, 6) is -0.764. The Morgan fingerprint density at radius 1 is 1.00 bits per heavy atom. The highest BCUT2D eigenvalue weighted by Gasteiger charge is 2.32. The van der Waals surface area contributed by atoms with Crippen molar-refractivity contribution in [3.63, 3.8) is 0 Å². The summed E-state index contributed by atoms with van der Waals surface area (Å²) >= 11 is 6.06. The summed E-state index contributed by atoms with van der Waals surface area (Å²) in [6.07, 6.45) is 0. The third-order valence-electron chi connectivity index (χ3n) is 3.18. The number of carbonyl (C=O) groups excluding carboxylic acids is 2. The Labute approximate surface area is 126 Å². The van der Waals surface area contributed by atoms with Gasteiger partial charge < -0.3 is 5.32 Å². The Bertz CT molecular complexity index is 782. The van der Waals surface area contributed by atoms with Gasteiger partial charge in [0.25, 0.3) is 0 Å². The first-order valence-corrected chi connectivity index (χ1v) is 6.74. The number of hydrogen-bond acceptors (Lipinski definition) is 4. The molecule has 1 aromatic heterocycles. The standard InChI is InChI=1S/C16H11ClN2O2/c1-9-7-8-11-13(18-9)16(21)14(12(17)15(11)20)19-10-5-3-2-4-6-10/h2-8,19H,1H3. The van der Waals surface area contributed by atoms with Crippen molar-refractivity contribution in [2.45, 2.75) is 6.92 Å². The van der Waals surface area contributed by atoms with Gasteiger partial charge in [-0.05, 0) is 31.2 Å². The first-order chi connectivity index (χ1) is 10.1. The number of carbonyl (C=O) groups is 2. The van der Waals surface area contributed by atoms with E-state index in [0.717, 1.165) is 0 Å². The van der Waals surface area contributed by atoms with E-state index in [0.29, 0.717) is 11.4 Å². The molecule has 0 radical (unpaired) electrons. The third kappa shape index (κ3) is 2.34. The molecule has 104 valence electrons. The Morgan fingerprint density at radius 3 is 2.43 bits per heavy atom. The minimum absolute atomic E-state index is 0.0680. The van der Waals surface area contributed by atoms with Crippen molar-refractivity contribution in [2.75, 3.05) is 5.32 Å². The van der Waals surface area contributed by atoms with Gasteiger partial charge in [-0.2, -0.15) is 0 Å². The fourth-order valence-electron chi connectivity index (χ4n) is 2.14. The lowest BCUT2D eigenvalue weighted by Gasteiger charge is -2.18. The monoisotopic (exact) mass is 298 g/mol. The first kappa shape index (κ1) is 13.5. The number of ketones is 2. The van der Waals surface area contributed by atoms with Crippen molar-refractivity contribution >= 4 is 28.9 Å². The molecule has 0 aliphatic heterocycles. The Morgan fingerprint density at radius 2 is 1.71 bits per heavy atom. The van der Waals surface area contributed by atoms with Crippen LogP contribution >= 0.6 is 11.6 Å². The van der Waals surface area contributed by atoms with Gasteiger partial charge in [-0.1, -0.05) is 29.8 Å². The van der Waals surface area contributed by atoms with E-state index in [1.54, 1.807) is 31.2 Å². The van der Waals surface area contributed by atoms with Crippen molar-refractivity contribution in [3.8, 4) is 0 Å². The van der Waals surface area contributed by atoms with Gasteiger partial charge in [-0.25, -0.2) is 4.98 Å². The summed E-state index contributed by atoms with van der Waals surface area (Å²) in [6, 6.07) is 12.3. The zero-order valence-electron chi connectivity index (χ0n) is 11.2. The topological polar surface area (TPSA) is 59.1 Å². The highest BCUT2D eigenvalue weighted by atomic mass is 35.5. The predicted octanol–water partition coefficient (Wildman–Crippen LogP) is 3.33. The normalized spacial score (nSPS) is 14.2. The van der Waals surface area contributed by atoms with E-state index in [2.05, 4.69) is 10.3 Å². The molecule has 0 amide bonds. The molecule has 1 aromatic carbocycles. The van der Waals surface area contributed by atoms with Crippen LogP contribution in [0.5, 0.6) is 0 Å². The van der Waals surface area contributed by atoms with Crippen molar-refractivity contribution in [1.29, 1.82) is 0 Å². The molecule has 3 rings (SSSR count). The van der Waals surface area contributed by atoms with E-state index in [4.69, 9.17) is 11.6 Å². The van der Waals surface area contributed by atoms with Gasteiger partial charge in [0.1, 0.15) is 16.4 Å². The SMILES string of the molecule is Cc1ccc2c(n1)C(=O)C(Nc1ccccc1)=C(Cl)C2=O. The van der Waals surface area contributed by atoms with E-state index in [9.17, 15) is 9.59 Å². The zero-order chi connectivity index (χ0) is 15.0. The number of pyridine rings is 1. The number of hydrogen-bond donors (Lipinski definition) is 1. The Balaban J connectivity index is 2.07. The molecule has 0 bridgehead atoms. The number of halogens is 1. The number of aromatic nitrogens is 1. The molecule has 5 heteroatoms. The number of rotatable bonds is 2. The number of aryl methyl sites for hydroxylation is 1. The average molecular weight is 299 g/mol. The Kier molecular flexibility index (Phi) is 3.31. The highest BCUT2D eigenvalue weighted by molar-refractivity contribution is 6.50. The number of fused-ring (bicyclic) bond motifs is 1. The van der Waals surface area contributed by atoms with E-state index in [1.807, 2.05) is 18.2 Å². The van der Waals surface area contributed by atoms with Crippen LogP contribution in [-0.2, 0) is 0 Å². The number of nitrogens with one attached hydrogen (secondary N) is 1. The molecule has 0 unspecified atom stereocenters. The summed E-state index contributed by atoms with van der Waals surface area (Å²) in [4.78, 5) is 28.9. The number of Topliss-reactive ketones (excluding diaryl/α,β-unsaturated/α-hetero) is 2. The molecule has 1 aliphatic rings. The molecule has 0 saturated heterocycles. The maximum absolute atomic E-state index is 12.5. The van der Waals surface area contributed by atoms with Crippen molar-refractivity contribution in [3.05, 3.63) is 70.1 Å². The molecule has 1 N–H and O–H groups in total. The van der Waals surface area contributed by atoms with Crippen LogP contribution < -0.4 is 5.32 Å². The number of para-hydroxylation sites is 1. The van der Waals surface area contributed by atoms with Gasteiger partial charge in [0.15, 0.2) is 0 Å². The molecule has 0 fully saturated rings. The van der Waals surface area contributed by atoms with Crippen LogP contribution in [0.1, 0.15) is 26.5 Å². The Hall–Kier alpha value is -2.46. The second-order valence-electron chi connectivity index (χ2n) is 4.69. The maximum Gasteiger partial charge on any atom is 0.229 e. The number of nitrogens with zero attached hydrogens (tertiary/aromatic N) is 1. The quantitative estimate of drug-likeness (QED) is 0.924. The van der Waals surface area contributed by atoms with Crippen LogP contribution in [0.3, 0.4) is 0 Å². The van der Waals surface area contributed by atoms with Gasteiger partial charge in [-0.3, -0.25) is 9.59 Å². The van der Waals surface area contributed by atoms with Crippen LogP contribution in [0.2, 0.25) is 0 Å². The van der Waals surface area contributed by atoms with Crippen LogP contribution in [0, 0.1) is 6.92 Å². The molecular formula is C16H11ClN2O2. The molecule has 1 heterocycles. The minimum atomic E-state index is -0.391. The smallest absolute Gasteiger partial charge is 0.229 e. The van der Waals surface area contributed by atoms with Gasteiger partial charge in [-0.15, -0.1) is 0 Å². The van der Waals surface area contributed by atoms with Crippen molar-refractivity contribution in [2.24, 2.45) is 0 Å². The summed E-state index contributed by atoms with van der Waals surface area (Å²) in [5, 5.41) is 2.80. The summed E-state index contributed by atoms with van der Waals surface area (Å²) < 4.78 is 0. The minimum Gasteiger partial charge on any atom is -0.351 e. The van der Waals surface area contributed by atoms with E-state index in [-0.39, 0.29) is 27.8 Å². The molecule has 0 spiro atoms. The number of benzene rings is 1. The molecule has 0 atom stereocenters. The van der Waals surface area contributed by atoms with Crippen LogP contribution in [0.25, 0.3) is 0 Å². The lowest BCUT2D eigenvalue weighted by Crippen LogP contribution is -2.25. The predicted molar refractivity (Wildman–Crippen MR) is 80.6 cm³/mol. The maximum atomic E-state index is 12.5. The lowest BCUT2D eigenvalue weighted by molar-refractivity contribution is 0.0978. The van der Waals surface area contributed by atoms with E-state index >= 15 is 0 Å². The molecule has 4 nitrogen and oxygen atoms in total. The summed E-state index contributed by atoms with van der Waals surface area (Å²) in [6.45, 7) is 1.77. The number of allylic oxidation sites excluding steroid dienone is 2. The van der Waals surface area contributed by atoms with Gasteiger partial charge in [0, 0.05) is 11.4 Å². The van der Waals surface area contributed by atoms with Crippen molar-refractivity contribution in [1.82, 2.24) is 4.98 Å². The number of anilines is 1. The highest BCUT2D eigenvalue weighted by Crippen LogP contribution is 2.28. The largest absolute Gasteiger partial charge is 0.351 e. The second-order valence-corrected chi connectivity index (χ2v) is 5.07. The zero-order valence-corrected chi connectivity index (χ0v) is 11.9. The first-order valence-electron chi connectivity index (χ1n) is 6.37. The summed E-state index contributed by atoms with van der Waals surface area (Å²) in [5.41, 5.74) is 1.81. The van der Waals surface area contributed by atoms with Crippen LogP contribution in [-0.4, -0.2) is 16.6 Å². The van der Waals surface area contributed by atoms with Crippen LogP contribution in [0.4, 0.5) is 5.69 Å². The molecule has 21 heavy (non-hydrogen) atoms. The fraction of sp³-hybridized carbons (Fsp3) is 0.0625. The van der Waals surface area contributed by atoms with Crippen molar-refractivity contribution < 1.29 is 9.59 Å². The van der Waals surface area contributed by atoms with Gasteiger partial charge in [0.05, 0.1) is 5.56 Å². The fourth-order valence-corrected chi connectivity index (χ4v) is 2.38.